The lowest BCUT2D eigenvalue weighted by Gasteiger charge is -2.07. The van der Waals surface area contributed by atoms with Gasteiger partial charge in [0, 0.05) is 31.0 Å². The summed E-state index contributed by atoms with van der Waals surface area (Å²) in [7, 11) is 0. The second-order valence-corrected chi connectivity index (χ2v) is 5.63. The van der Waals surface area contributed by atoms with Crippen molar-refractivity contribution in [1.29, 1.82) is 0 Å². The Morgan fingerprint density at radius 2 is 1.78 bits per heavy atom. The molecule has 0 aliphatic rings. The fourth-order valence-electron chi connectivity index (χ4n) is 2.46. The molecule has 0 aliphatic heterocycles. The Bertz CT molecular complexity index is 824. The highest BCUT2D eigenvalue weighted by Gasteiger charge is 2.08. The van der Waals surface area contributed by atoms with Crippen molar-refractivity contribution in [3.63, 3.8) is 0 Å². The Morgan fingerprint density at radius 3 is 2.52 bits per heavy atom. The zero-order valence-electron chi connectivity index (χ0n) is 13.4. The molecule has 0 radical (unpaired) electrons. The summed E-state index contributed by atoms with van der Waals surface area (Å²) in [6.45, 7) is 5.41. The summed E-state index contributed by atoms with van der Waals surface area (Å²) in [5.41, 5.74) is 4.00. The summed E-state index contributed by atoms with van der Waals surface area (Å²) in [5, 5.41) is 2.95. The Kier molecular flexibility index (Phi) is 4.37. The van der Waals surface area contributed by atoms with E-state index in [4.69, 9.17) is 0 Å². The summed E-state index contributed by atoms with van der Waals surface area (Å²) in [6, 6.07) is 9.45. The molecule has 23 heavy (non-hydrogen) atoms. The van der Waals surface area contributed by atoms with Crippen LogP contribution < -0.4 is 5.32 Å². The summed E-state index contributed by atoms with van der Waals surface area (Å²) in [6.07, 6.45) is 4.94. The third-order valence-electron chi connectivity index (χ3n) is 3.88. The van der Waals surface area contributed by atoms with E-state index in [1.165, 1.54) is 0 Å². The zero-order chi connectivity index (χ0) is 16.2. The van der Waals surface area contributed by atoms with Gasteiger partial charge in [-0.1, -0.05) is 0 Å². The maximum Gasteiger partial charge on any atom is 0.251 e. The molecule has 0 aliphatic carbocycles. The summed E-state index contributed by atoms with van der Waals surface area (Å²) in [4.78, 5) is 21.2. The molecule has 3 rings (SSSR count). The van der Waals surface area contributed by atoms with Gasteiger partial charge in [-0.05, 0) is 50.6 Å². The van der Waals surface area contributed by atoms with Gasteiger partial charge in [0.1, 0.15) is 0 Å². The third-order valence-corrected chi connectivity index (χ3v) is 3.88. The van der Waals surface area contributed by atoms with E-state index in [0.717, 1.165) is 35.4 Å². The molecule has 2 aromatic heterocycles. The molecule has 0 bridgehead atoms. The van der Waals surface area contributed by atoms with Crippen molar-refractivity contribution in [2.75, 3.05) is 6.54 Å². The van der Waals surface area contributed by atoms with Crippen molar-refractivity contribution in [3.05, 3.63) is 59.7 Å². The highest BCUT2D eigenvalue weighted by atomic mass is 16.1. The molecule has 5 heteroatoms. The minimum atomic E-state index is -0.0700. The molecule has 3 aromatic rings. The number of aryl methyl sites for hydroxylation is 3. The van der Waals surface area contributed by atoms with Crippen LogP contribution in [0.3, 0.4) is 0 Å². The standard InChI is InChI=1S/C18H20N4O/c1-13-14(2)21-17-12-15(6-7-16(17)20-13)18(23)19-8-5-11-22-9-3-4-10-22/h3-4,6-7,9-10,12H,5,8,11H2,1-2H3,(H,19,23). The van der Waals surface area contributed by atoms with Gasteiger partial charge < -0.3 is 9.88 Å². The quantitative estimate of drug-likeness (QED) is 0.737. The van der Waals surface area contributed by atoms with Crippen molar-refractivity contribution in [2.45, 2.75) is 26.8 Å². The molecule has 0 spiro atoms. The van der Waals surface area contributed by atoms with E-state index in [2.05, 4.69) is 19.9 Å². The summed E-state index contributed by atoms with van der Waals surface area (Å²) >= 11 is 0. The van der Waals surface area contributed by atoms with Gasteiger partial charge in [-0.15, -0.1) is 0 Å². The third kappa shape index (κ3) is 3.56. The van der Waals surface area contributed by atoms with Crippen LogP contribution in [0.25, 0.3) is 11.0 Å². The Balaban J connectivity index is 1.62. The lowest BCUT2D eigenvalue weighted by molar-refractivity contribution is 0.0953. The van der Waals surface area contributed by atoms with E-state index in [1.807, 2.05) is 44.4 Å². The smallest absolute Gasteiger partial charge is 0.251 e. The Hall–Kier alpha value is -2.69. The van der Waals surface area contributed by atoms with Gasteiger partial charge in [0.25, 0.3) is 5.91 Å². The number of carbonyl (C=O) groups is 1. The Labute approximate surface area is 135 Å². The number of carbonyl (C=O) groups excluding carboxylic acids is 1. The topological polar surface area (TPSA) is 59.8 Å². The maximum absolute atomic E-state index is 12.2. The van der Waals surface area contributed by atoms with Crippen LogP contribution in [0, 0.1) is 13.8 Å². The van der Waals surface area contributed by atoms with Crippen molar-refractivity contribution < 1.29 is 4.79 Å². The van der Waals surface area contributed by atoms with Crippen LogP contribution in [-0.4, -0.2) is 27.0 Å². The number of hydrogen-bond donors (Lipinski definition) is 1. The molecule has 118 valence electrons. The number of rotatable bonds is 5. The van der Waals surface area contributed by atoms with Crippen molar-refractivity contribution >= 4 is 16.9 Å². The number of amides is 1. The second kappa shape index (κ2) is 6.60. The number of hydrogen-bond acceptors (Lipinski definition) is 3. The summed E-state index contributed by atoms with van der Waals surface area (Å²) in [5.74, 6) is -0.0700. The second-order valence-electron chi connectivity index (χ2n) is 5.63. The largest absolute Gasteiger partial charge is 0.354 e. The molecular formula is C18H20N4O. The van der Waals surface area contributed by atoms with Gasteiger partial charge in [-0.2, -0.15) is 0 Å². The predicted molar refractivity (Wildman–Crippen MR) is 90.4 cm³/mol. The summed E-state index contributed by atoms with van der Waals surface area (Å²) < 4.78 is 2.10. The van der Waals surface area contributed by atoms with E-state index in [0.29, 0.717) is 12.1 Å². The van der Waals surface area contributed by atoms with Crippen LogP contribution in [-0.2, 0) is 6.54 Å². The van der Waals surface area contributed by atoms with Gasteiger partial charge in [0.05, 0.1) is 22.4 Å². The molecule has 0 saturated heterocycles. The maximum atomic E-state index is 12.2. The molecule has 2 heterocycles. The lowest BCUT2D eigenvalue weighted by atomic mass is 10.1. The van der Waals surface area contributed by atoms with Crippen molar-refractivity contribution in [2.24, 2.45) is 0 Å². The van der Waals surface area contributed by atoms with Gasteiger partial charge in [0.15, 0.2) is 0 Å². The first-order valence-corrected chi connectivity index (χ1v) is 7.77. The molecule has 0 saturated carbocycles. The molecule has 0 fully saturated rings. The average Bonchev–Trinajstić information content (AvgIpc) is 3.05. The molecule has 1 N–H and O–H groups in total. The van der Waals surface area contributed by atoms with E-state index in [-0.39, 0.29) is 5.91 Å². The van der Waals surface area contributed by atoms with E-state index in [9.17, 15) is 4.79 Å². The number of benzene rings is 1. The average molecular weight is 308 g/mol. The van der Waals surface area contributed by atoms with Gasteiger partial charge >= 0.3 is 0 Å². The highest BCUT2D eigenvalue weighted by Crippen LogP contribution is 2.14. The van der Waals surface area contributed by atoms with Gasteiger partial charge in [0.2, 0.25) is 0 Å². The van der Waals surface area contributed by atoms with Crippen molar-refractivity contribution in [1.82, 2.24) is 19.9 Å². The zero-order valence-corrected chi connectivity index (χ0v) is 13.4. The molecule has 1 amide bonds. The van der Waals surface area contributed by atoms with Gasteiger partial charge in [-0.3, -0.25) is 4.79 Å². The van der Waals surface area contributed by atoms with E-state index >= 15 is 0 Å². The number of nitrogens with one attached hydrogen (secondary N) is 1. The first kappa shape index (κ1) is 15.2. The van der Waals surface area contributed by atoms with E-state index < -0.39 is 0 Å². The minimum Gasteiger partial charge on any atom is -0.354 e. The fourth-order valence-corrected chi connectivity index (χ4v) is 2.46. The number of aromatic nitrogens is 3. The van der Waals surface area contributed by atoms with E-state index in [1.54, 1.807) is 12.1 Å². The molecule has 0 atom stereocenters. The van der Waals surface area contributed by atoms with Crippen LogP contribution in [0.1, 0.15) is 28.2 Å². The minimum absolute atomic E-state index is 0.0700. The molecule has 5 nitrogen and oxygen atoms in total. The monoisotopic (exact) mass is 308 g/mol. The van der Waals surface area contributed by atoms with Crippen LogP contribution in [0.2, 0.25) is 0 Å². The normalized spacial score (nSPS) is 10.9. The lowest BCUT2D eigenvalue weighted by Crippen LogP contribution is -2.25. The SMILES string of the molecule is Cc1nc2ccc(C(=O)NCCCn3cccc3)cc2nc1C. The first-order chi connectivity index (χ1) is 11.1. The predicted octanol–water partition coefficient (Wildman–Crippen LogP) is 2.87. The van der Waals surface area contributed by atoms with Crippen LogP contribution in [0.5, 0.6) is 0 Å². The number of fused-ring (bicyclic) bond motifs is 1. The van der Waals surface area contributed by atoms with Crippen molar-refractivity contribution in [3.8, 4) is 0 Å². The van der Waals surface area contributed by atoms with Crippen LogP contribution >= 0.6 is 0 Å². The fraction of sp³-hybridized carbons (Fsp3) is 0.278. The number of nitrogens with zero attached hydrogens (tertiary/aromatic N) is 3. The molecular weight excluding hydrogens is 288 g/mol. The first-order valence-electron chi connectivity index (χ1n) is 7.77. The highest BCUT2D eigenvalue weighted by molar-refractivity contribution is 5.97. The Morgan fingerprint density at radius 1 is 1.09 bits per heavy atom. The molecule has 1 aromatic carbocycles. The van der Waals surface area contributed by atoms with Crippen LogP contribution in [0.4, 0.5) is 0 Å². The van der Waals surface area contributed by atoms with Crippen LogP contribution in [0.15, 0.2) is 42.7 Å². The molecule has 0 unspecified atom stereocenters. The van der Waals surface area contributed by atoms with Gasteiger partial charge in [-0.25, -0.2) is 9.97 Å².